The van der Waals surface area contributed by atoms with Crippen LogP contribution < -0.4 is 10.6 Å². The fraction of sp³-hybridized carbons (Fsp3) is 0.800. The maximum Gasteiger partial charge on any atom is 0.219 e. The lowest BCUT2D eigenvalue weighted by Gasteiger charge is -2.11. The van der Waals surface area contributed by atoms with Gasteiger partial charge < -0.3 is 10.6 Å². The van der Waals surface area contributed by atoms with Crippen molar-refractivity contribution in [1.82, 2.24) is 10.6 Å². The van der Waals surface area contributed by atoms with Gasteiger partial charge in [0.1, 0.15) is 5.78 Å². The maximum atomic E-state index is 11.0. The number of amides is 1. The van der Waals surface area contributed by atoms with Crippen LogP contribution in [0.1, 0.15) is 20.3 Å². The molecule has 0 spiro atoms. The molecular weight excluding hydrogens is 212 g/mol. The van der Waals surface area contributed by atoms with Crippen molar-refractivity contribution in [2.24, 2.45) is 0 Å². The first-order valence-electron chi connectivity index (χ1n) is 5.14. The summed E-state index contributed by atoms with van der Waals surface area (Å²) < 4.78 is 0. The van der Waals surface area contributed by atoms with Crippen molar-refractivity contribution in [3.8, 4) is 0 Å². The lowest BCUT2D eigenvalue weighted by Crippen LogP contribution is -2.35. The van der Waals surface area contributed by atoms with E-state index in [1.165, 1.54) is 0 Å². The van der Waals surface area contributed by atoms with E-state index in [4.69, 9.17) is 0 Å². The molecule has 1 unspecified atom stereocenters. The van der Waals surface area contributed by atoms with E-state index in [1.54, 1.807) is 25.7 Å². The molecule has 2 N–H and O–H groups in total. The van der Waals surface area contributed by atoms with Crippen LogP contribution in [0, 0.1) is 0 Å². The van der Waals surface area contributed by atoms with Crippen LogP contribution in [0.5, 0.6) is 0 Å². The Hall–Kier alpha value is -0.550. The number of carbonyl (C=O) groups excluding carboxylic acids is 2. The van der Waals surface area contributed by atoms with Crippen LogP contribution in [0.25, 0.3) is 0 Å². The van der Waals surface area contributed by atoms with Crippen LogP contribution in [0.2, 0.25) is 0 Å². The second-order valence-electron chi connectivity index (χ2n) is 3.23. The number of hydrogen-bond acceptors (Lipinski definition) is 4. The molecule has 0 bridgehead atoms. The number of rotatable bonds is 8. The minimum atomic E-state index is -0.0723. The molecule has 15 heavy (non-hydrogen) atoms. The highest BCUT2D eigenvalue weighted by molar-refractivity contribution is 7.99. The molecule has 0 aromatic rings. The largest absolute Gasteiger partial charge is 0.355 e. The second kappa shape index (κ2) is 8.73. The fourth-order valence-corrected chi connectivity index (χ4v) is 2.04. The van der Waals surface area contributed by atoms with Gasteiger partial charge in [-0.15, -0.1) is 0 Å². The molecular formula is C10H20N2O2S. The zero-order chi connectivity index (χ0) is 11.7. The third-order valence-corrected chi connectivity index (χ3v) is 3.08. The van der Waals surface area contributed by atoms with Gasteiger partial charge in [-0.25, -0.2) is 0 Å². The predicted octanol–water partition coefficient (Wildman–Crippen LogP) is 0.423. The number of likely N-dealkylation sites (N-methyl/N-ethyl adjacent to an activating group) is 1. The Kier molecular flexibility index (Phi) is 8.41. The summed E-state index contributed by atoms with van der Waals surface area (Å²) in [5, 5.41) is 5.74. The summed E-state index contributed by atoms with van der Waals surface area (Å²) in [6, 6.07) is -0.0723. The SMILES string of the molecule is CCC(=O)NCCSCC(NC)C(C)=O. The van der Waals surface area contributed by atoms with Gasteiger partial charge in [0.2, 0.25) is 5.91 Å². The number of carbonyl (C=O) groups is 2. The Morgan fingerprint density at radius 2 is 2.07 bits per heavy atom. The predicted molar refractivity (Wildman–Crippen MR) is 64.2 cm³/mol. The van der Waals surface area contributed by atoms with Gasteiger partial charge in [0.05, 0.1) is 6.04 Å². The van der Waals surface area contributed by atoms with Crippen molar-refractivity contribution >= 4 is 23.5 Å². The lowest BCUT2D eigenvalue weighted by molar-refractivity contribution is -0.120. The molecule has 0 saturated heterocycles. The van der Waals surface area contributed by atoms with E-state index in [2.05, 4.69) is 10.6 Å². The van der Waals surface area contributed by atoms with Crippen LogP contribution in [-0.4, -0.2) is 42.8 Å². The average molecular weight is 232 g/mol. The summed E-state index contributed by atoms with van der Waals surface area (Å²) in [7, 11) is 1.78. The van der Waals surface area contributed by atoms with Crippen molar-refractivity contribution in [1.29, 1.82) is 0 Å². The molecule has 1 amide bonds. The number of nitrogens with one attached hydrogen (secondary N) is 2. The molecule has 88 valence electrons. The van der Waals surface area contributed by atoms with E-state index in [0.29, 0.717) is 13.0 Å². The third kappa shape index (κ3) is 7.39. The smallest absolute Gasteiger partial charge is 0.219 e. The number of thioether (sulfide) groups is 1. The highest BCUT2D eigenvalue weighted by Crippen LogP contribution is 2.02. The molecule has 4 nitrogen and oxygen atoms in total. The van der Waals surface area contributed by atoms with Crippen molar-refractivity contribution in [2.75, 3.05) is 25.1 Å². The van der Waals surface area contributed by atoms with E-state index in [0.717, 1.165) is 11.5 Å². The van der Waals surface area contributed by atoms with Gasteiger partial charge >= 0.3 is 0 Å². The Morgan fingerprint density at radius 3 is 2.53 bits per heavy atom. The molecule has 0 aliphatic heterocycles. The van der Waals surface area contributed by atoms with Gasteiger partial charge in [0, 0.05) is 24.5 Å². The van der Waals surface area contributed by atoms with Crippen LogP contribution in [-0.2, 0) is 9.59 Å². The minimum absolute atomic E-state index is 0.0723. The first kappa shape index (κ1) is 14.5. The molecule has 1 atom stereocenters. The van der Waals surface area contributed by atoms with Gasteiger partial charge in [0.25, 0.3) is 0 Å². The van der Waals surface area contributed by atoms with Gasteiger partial charge in [-0.1, -0.05) is 6.92 Å². The van der Waals surface area contributed by atoms with E-state index in [9.17, 15) is 9.59 Å². The maximum absolute atomic E-state index is 11.0. The van der Waals surface area contributed by atoms with Crippen molar-refractivity contribution in [3.05, 3.63) is 0 Å². The topological polar surface area (TPSA) is 58.2 Å². The first-order chi connectivity index (χ1) is 7.11. The van der Waals surface area contributed by atoms with Crippen LogP contribution in [0.3, 0.4) is 0 Å². The molecule has 0 heterocycles. The van der Waals surface area contributed by atoms with Crippen LogP contribution in [0.15, 0.2) is 0 Å². The number of hydrogen-bond donors (Lipinski definition) is 2. The quantitative estimate of drug-likeness (QED) is 0.596. The summed E-state index contributed by atoms with van der Waals surface area (Å²) in [6.45, 7) is 4.08. The van der Waals surface area contributed by atoms with E-state index < -0.39 is 0 Å². The highest BCUT2D eigenvalue weighted by Gasteiger charge is 2.10. The standard InChI is InChI=1S/C10H20N2O2S/c1-4-10(14)12-5-6-15-7-9(11-3)8(2)13/h9,11H,4-7H2,1-3H3,(H,12,14). The zero-order valence-corrected chi connectivity index (χ0v) is 10.4. The molecule has 0 radical (unpaired) electrons. The van der Waals surface area contributed by atoms with Crippen LogP contribution in [0.4, 0.5) is 0 Å². The summed E-state index contributed by atoms with van der Waals surface area (Å²) in [5.74, 6) is 1.83. The van der Waals surface area contributed by atoms with Gasteiger partial charge in [-0.05, 0) is 14.0 Å². The highest BCUT2D eigenvalue weighted by atomic mass is 32.2. The molecule has 0 aliphatic rings. The minimum Gasteiger partial charge on any atom is -0.355 e. The summed E-state index contributed by atoms with van der Waals surface area (Å²) in [4.78, 5) is 21.9. The van der Waals surface area contributed by atoms with E-state index in [1.807, 2.05) is 6.92 Å². The van der Waals surface area contributed by atoms with Crippen molar-refractivity contribution in [2.45, 2.75) is 26.3 Å². The second-order valence-corrected chi connectivity index (χ2v) is 4.38. The van der Waals surface area contributed by atoms with Crippen molar-refractivity contribution < 1.29 is 9.59 Å². The van der Waals surface area contributed by atoms with Crippen LogP contribution >= 0.6 is 11.8 Å². The molecule has 0 aromatic carbocycles. The lowest BCUT2D eigenvalue weighted by atomic mass is 10.2. The Bertz CT molecular complexity index is 210. The fourth-order valence-electron chi connectivity index (χ4n) is 0.993. The monoisotopic (exact) mass is 232 g/mol. The van der Waals surface area contributed by atoms with Gasteiger partial charge in [0.15, 0.2) is 0 Å². The molecule has 0 fully saturated rings. The van der Waals surface area contributed by atoms with Gasteiger partial charge in [-0.3, -0.25) is 9.59 Å². The first-order valence-corrected chi connectivity index (χ1v) is 6.29. The zero-order valence-electron chi connectivity index (χ0n) is 9.63. The Morgan fingerprint density at radius 1 is 1.40 bits per heavy atom. The molecule has 0 saturated carbocycles. The summed E-state index contributed by atoms with van der Waals surface area (Å²) in [5.41, 5.74) is 0. The van der Waals surface area contributed by atoms with Crippen molar-refractivity contribution in [3.63, 3.8) is 0 Å². The molecule has 0 aromatic heterocycles. The number of Topliss-reactive ketones (excluding diaryl/α,β-unsaturated/α-hetero) is 1. The molecule has 0 rings (SSSR count). The Balaban J connectivity index is 3.45. The summed E-state index contributed by atoms with van der Waals surface area (Å²) in [6.07, 6.45) is 0.525. The molecule has 5 heteroatoms. The summed E-state index contributed by atoms with van der Waals surface area (Å²) >= 11 is 1.67. The Labute approximate surface area is 95.6 Å². The van der Waals surface area contributed by atoms with E-state index in [-0.39, 0.29) is 17.7 Å². The average Bonchev–Trinajstić information content (AvgIpc) is 2.22. The van der Waals surface area contributed by atoms with E-state index >= 15 is 0 Å². The normalized spacial score (nSPS) is 12.2. The van der Waals surface area contributed by atoms with Gasteiger partial charge in [-0.2, -0.15) is 11.8 Å². The molecule has 0 aliphatic carbocycles. The number of ketones is 1. The third-order valence-electron chi connectivity index (χ3n) is 2.01.